The van der Waals surface area contributed by atoms with Crippen LogP contribution in [0.25, 0.3) is 0 Å². The van der Waals surface area contributed by atoms with Gasteiger partial charge in [-0.05, 0) is 20.3 Å². The summed E-state index contributed by atoms with van der Waals surface area (Å²) in [5, 5.41) is 4.27. The van der Waals surface area contributed by atoms with E-state index in [1.165, 1.54) is 0 Å². The van der Waals surface area contributed by atoms with E-state index in [1.54, 1.807) is 11.8 Å². The highest BCUT2D eigenvalue weighted by Crippen LogP contribution is 2.21. The number of aromatic nitrogens is 2. The second-order valence-corrected chi connectivity index (χ2v) is 3.38. The van der Waals surface area contributed by atoms with E-state index < -0.39 is 0 Å². The number of nitrogens with zero attached hydrogens (tertiary/aromatic N) is 2. The van der Waals surface area contributed by atoms with Gasteiger partial charge >= 0.3 is 0 Å². The summed E-state index contributed by atoms with van der Waals surface area (Å²) < 4.78 is 6.99. The van der Waals surface area contributed by atoms with Crippen molar-refractivity contribution in [1.82, 2.24) is 9.78 Å². The van der Waals surface area contributed by atoms with Gasteiger partial charge in [-0.2, -0.15) is 5.10 Å². The molecule has 0 aliphatic carbocycles. The van der Waals surface area contributed by atoms with Crippen molar-refractivity contribution in [3.8, 4) is 5.88 Å². The third kappa shape index (κ3) is 2.01. The summed E-state index contributed by atoms with van der Waals surface area (Å²) in [6.07, 6.45) is 0.808. The second-order valence-electron chi connectivity index (χ2n) is 3.38. The van der Waals surface area contributed by atoms with Gasteiger partial charge in [0, 0.05) is 18.7 Å². The maximum absolute atomic E-state index is 5.73. The topological polar surface area (TPSA) is 53.1 Å². The third-order valence-electron chi connectivity index (χ3n) is 2.01. The zero-order chi connectivity index (χ0) is 10.0. The molecule has 0 radical (unpaired) electrons. The first kappa shape index (κ1) is 10.1. The molecular formula is C9H17N3O. The van der Waals surface area contributed by atoms with Crippen LogP contribution in [-0.4, -0.2) is 22.9 Å². The fraction of sp³-hybridized carbons (Fsp3) is 0.667. The van der Waals surface area contributed by atoms with Gasteiger partial charge in [-0.25, -0.2) is 4.68 Å². The van der Waals surface area contributed by atoms with Gasteiger partial charge in [0.25, 0.3) is 0 Å². The summed E-state index contributed by atoms with van der Waals surface area (Å²) in [5.74, 6) is 0.815. The van der Waals surface area contributed by atoms with Gasteiger partial charge in [0.1, 0.15) is 0 Å². The first-order valence-corrected chi connectivity index (χ1v) is 4.38. The minimum Gasteiger partial charge on any atom is -0.481 e. The van der Waals surface area contributed by atoms with Gasteiger partial charge in [-0.3, -0.25) is 0 Å². The predicted molar refractivity (Wildman–Crippen MR) is 51.9 cm³/mol. The molecule has 0 saturated heterocycles. The van der Waals surface area contributed by atoms with E-state index in [0.29, 0.717) is 0 Å². The largest absolute Gasteiger partial charge is 0.481 e. The van der Waals surface area contributed by atoms with Crippen LogP contribution in [0.3, 0.4) is 0 Å². The molecule has 0 aromatic carbocycles. The molecular weight excluding hydrogens is 166 g/mol. The second kappa shape index (κ2) is 3.79. The van der Waals surface area contributed by atoms with Crippen molar-refractivity contribution in [3.63, 3.8) is 0 Å². The molecule has 1 aromatic rings. The van der Waals surface area contributed by atoms with Crippen LogP contribution in [0, 0.1) is 6.92 Å². The molecule has 0 amide bonds. The zero-order valence-corrected chi connectivity index (χ0v) is 8.66. The lowest BCUT2D eigenvalue weighted by molar-refractivity contribution is 0.368. The van der Waals surface area contributed by atoms with Crippen molar-refractivity contribution in [3.05, 3.63) is 11.3 Å². The van der Waals surface area contributed by atoms with Gasteiger partial charge in [0.15, 0.2) is 0 Å². The molecule has 0 spiro atoms. The summed E-state index contributed by atoms with van der Waals surface area (Å²) >= 11 is 0. The predicted octanol–water partition coefficient (Wildman–Crippen LogP) is 0.627. The zero-order valence-electron chi connectivity index (χ0n) is 8.66. The molecule has 1 heterocycles. The van der Waals surface area contributed by atoms with Crippen LogP contribution in [0.2, 0.25) is 0 Å². The van der Waals surface area contributed by atoms with Crippen LogP contribution in [0.15, 0.2) is 0 Å². The van der Waals surface area contributed by atoms with E-state index in [9.17, 15) is 0 Å². The molecule has 1 rings (SSSR count). The summed E-state index contributed by atoms with van der Waals surface area (Å²) in [5.41, 5.74) is 7.84. The van der Waals surface area contributed by atoms with Gasteiger partial charge in [-0.1, -0.05) is 0 Å². The SMILES string of the molecule is COc1c(CC(C)N)c(C)nn1C. The molecule has 1 unspecified atom stereocenters. The molecule has 2 N–H and O–H groups in total. The molecule has 1 atom stereocenters. The van der Waals surface area contributed by atoms with Crippen LogP contribution in [0.4, 0.5) is 0 Å². The molecule has 13 heavy (non-hydrogen) atoms. The fourth-order valence-electron chi connectivity index (χ4n) is 1.49. The number of aryl methyl sites for hydroxylation is 2. The molecule has 0 bridgehead atoms. The Labute approximate surface area is 78.7 Å². The molecule has 0 aliphatic heterocycles. The number of hydrogen-bond donors (Lipinski definition) is 1. The monoisotopic (exact) mass is 183 g/mol. The Morgan fingerprint density at radius 1 is 1.62 bits per heavy atom. The van der Waals surface area contributed by atoms with E-state index >= 15 is 0 Å². The van der Waals surface area contributed by atoms with Crippen LogP contribution in [-0.2, 0) is 13.5 Å². The highest BCUT2D eigenvalue weighted by atomic mass is 16.5. The number of methoxy groups -OCH3 is 1. The summed E-state index contributed by atoms with van der Waals surface area (Å²) in [4.78, 5) is 0. The summed E-state index contributed by atoms with van der Waals surface area (Å²) in [6.45, 7) is 3.95. The smallest absolute Gasteiger partial charge is 0.214 e. The minimum atomic E-state index is 0.136. The van der Waals surface area contributed by atoms with Crippen LogP contribution in [0.5, 0.6) is 5.88 Å². The lowest BCUT2D eigenvalue weighted by Gasteiger charge is -2.06. The van der Waals surface area contributed by atoms with E-state index in [2.05, 4.69) is 5.10 Å². The van der Waals surface area contributed by atoms with E-state index in [0.717, 1.165) is 23.6 Å². The van der Waals surface area contributed by atoms with Gasteiger partial charge in [0.2, 0.25) is 5.88 Å². The Morgan fingerprint density at radius 3 is 2.69 bits per heavy atom. The van der Waals surface area contributed by atoms with Crippen molar-refractivity contribution in [2.75, 3.05) is 7.11 Å². The standard InChI is InChI=1S/C9H17N3O/c1-6(10)5-8-7(2)11-12(3)9(8)13-4/h6H,5,10H2,1-4H3. The van der Waals surface area contributed by atoms with Crippen molar-refractivity contribution < 1.29 is 4.74 Å². The normalized spacial score (nSPS) is 13.0. The van der Waals surface area contributed by atoms with E-state index in [1.807, 2.05) is 20.9 Å². The molecule has 1 aromatic heterocycles. The minimum absolute atomic E-state index is 0.136. The lowest BCUT2D eigenvalue weighted by atomic mass is 10.1. The Bertz CT molecular complexity index is 291. The van der Waals surface area contributed by atoms with E-state index in [-0.39, 0.29) is 6.04 Å². The fourth-order valence-corrected chi connectivity index (χ4v) is 1.49. The Morgan fingerprint density at radius 2 is 2.23 bits per heavy atom. The molecule has 0 aliphatic rings. The lowest BCUT2D eigenvalue weighted by Crippen LogP contribution is -2.18. The number of nitrogens with two attached hydrogens (primary N) is 1. The quantitative estimate of drug-likeness (QED) is 0.747. The highest BCUT2D eigenvalue weighted by molar-refractivity contribution is 5.31. The Balaban J connectivity index is 3.02. The third-order valence-corrected chi connectivity index (χ3v) is 2.01. The van der Waals surface area contributed by atoms with Crippen molar-refractivity contribution in [1.29, 1.82) is 0 Å². The first-order valence-electron chi connectivity index (χ1n) is 4.38. The number of rotatable bonds is 3. The Hall–Kier alpha value is -1.03. The van der Waals surface area contributed by atoms with Crippen LogP contribution in [0.1, 0.15) is 18.2 Å². The molecule has 4 nitrogen and oxygen atoms in total. The number of hydrogen-bond acceptors (Lipinski definition) is 3. The maximum Gasteiger partial charge on any atom is 0.214 e. The average molecular weight is 183 g/mol. The van der Waals surface area contributed by atoms with Crippen LogP contribution < -0.4 is 10.5 Å². The van der Waals surface area contributed by atoms with Crippen molar-refractivity contribution in [2.45, 2.75) is 26.3 Å². The van der Waals surface area contributed by atoms with Crippen molar-refractivity contribution in [2.24, 2.45) is 12.8 Å². The highest BCUT2D eigenvalue weighted by Gasteiger charge is 2.14. The average Bonchev–Trinajstić information content (AvgIpc) is 2.26. The van der Waals surface area contributed by atoms with Gasteiger partial charge < -0.3 is 10.5 Å². The van der Waals surface area contributed by atoms with Gasteiger partial charge in [-0.15, -0.1) is 0 Å². The Kier molecular flexibility index (Phi) is 2.93. The summed E-state index contributed by atoms with van der Waals surface area (Å²) in [6, 6.07) is 0.136. The van der Waals surface area contributed by atoms with Gasteiger partial charge in [0.05, 0.1) is 12.8 Å². The van der Waals surface area contributed by atoms with Crippen LogP contribution >= 0.6 is 0 Å². The maximum atomic E-state index is 5.73. The summed E-state index contributed by atoms with van der Waals surface area (Å²) in [7, 11) is 3.53. The number of ether oxygens (including phenoxy) is 1. The van der Waals surface area contributed by atoms with E-state index in [4.69, 9.17) is 10.5 Å². The molecule has 0 fully saturated rings. The molecule has 0 saturated carbocycles. The molecule has 4 heteroatoms. The first-order chi connectivity index (χ1) is 6.06. The van der Waals surface area contributed by atoms with Crippen molar-refractivity contribution >= 4 is 0 Å². The molecule has 74 valence electrons.